The summed E-state index contributed by atoms with van der Waals surface area (Å²) in [5.74, 6) is -0.0530. The van der Waals surface area contributed by atoms with Crippen molar-refractivity contribution in [2.45, 2.75) is 12.5 Å². The number of nitro benzene ring substituents is 1. The molecular formula is C11H13N3O3. The maximum Gasteiger partial charge on any atom is 0.269 e. The van der Waals surface area contributed by atoms with Crippen molar-refractivity contribution in [3.63, 3.8) is 0 Å². The van der Waals surface area contributed by atoms with Gasteiger partial charge in [0.05, 0.1) is 11.0 Å². The van der Waals surface area contributed by atoms with Gasteiger partial charge in [-0.05, 0) is 12.0 Å². The number of non-ortho nitro benzene ring substituents is 1. The summed E-state index contributed by atoms with van der Waals surface area (Å²) in [6.07, 6.45) is 0.466. The number of benzene rings is 1. The van der Waals surface area contributed by atoms with Crippen LogP contribution in [0.2, 0.25) is 0 Å². The van der Waals surface area contributed by atoms with E-state index in [1.54, 1.807) is 12.1 Å². The molecule has 0 saturated carbocycles. The number of hydrogen-bond donors (Lipinski definition) is 2. The van der Waals surface area contributed by atoms with Gasteiger partial charge in [-0.25, -0.2) is 0 Å². The number of piperazine rings is 1. The van der Waals surface area contributed by atoms with Crippen LogP contribution < -0.4 is 10.6 Å². The van der Waals surface area contributed by atoms with E-state index in [9.17, 15) is 14.9 Å². The summed E-state index contributed by atoms with van der Waals surface area (Å²) in [6, 6.07) is 6.07. The summed E-state index contributed by atoms with van der Waals surface area (Å²) < 4.78 is 0. The lowest BCUT2D eigenvalue weighted by Gasteiger charge is -2.23. The van der Waals surface area contributed by atoms with E-state index in [4.69, 9.17) is 0 Å². The fraction of sp³-hybridized carbons (Fsp3) is 0.364. The molecule has 17 heavy (non-hydrogen) atoms. The highest BCUT2D eigenvalue weighted by Crippen LogP contribution is 2.14. The summed E-state index contributed by atoms with van der Waals surface area (Å²) in [5.41, 5.74) is 0.840. The molecule has 1 aromatic carbocycles. The van der Waals surface area contributed by atoms with E-state index in [-0.39, 0.29) is 17.6 Å². The van der Waals surface area contributed by atoms with Crippen LogP contribution in [0, 0.1) is 10.1 Å². The number of nitrogens with one attached hydrogen (secondary N) is 2. The van der Waals surface area contributed by atoms with Gasteiger partial charge in [0.1, 0.15) is 0 Å². The SMILES string of the molecule is O=C1NCCNC1Cc1cccc([N+](=O)[O-])c1. The number of amides is 1. The van der Waals surface area contributed by atoms with Crippen molar-refractivity contribution in [2.75, 3.05) is 13.1 Å². The number of carbonyl (C=O) groups excluding carboxylic acids is 1. The van der Waals surface area contributed by atoms with Gasteiger partial charge in [0.15, 0.2) is 0 Å². The zero-order valence-corrected chi connectivity index (χ0v) is 9.18. The number of nitrogens with zero attached hydrogens (tertiary/aromatic N) is 1. The molecule has 1 saturated heterocycles. The third-order valence-electron chi connectivity index (χ3n) is 2.69. The molecule has 6 nitrogen and oxygen atoms in total. The average Bonchev–Trinajstić information content (AvgIpc) is 2.32. The van der Waals surface area contributed by atoms with Gasteiger partial charge in [-0.15, -0.1) is 0 Å². The van der Waals surface area contributed by atoms with Gasteiger partial charge in [-0.3, -0.25) is 14.9 Å². The second-order valence-corrected chi connectivity index (χ2v) is 3.93. The molecular weight excluding hydrogens is 222 g/mol. The van der Waals surface area contributed by atoms with Crippen molar-refractivity contribution in [3.05, 3.63) is 39.9 Å². The van der Waals surface area contributed by atoms with Crippen LogP contribution in [0.25, 0.3) is 0 Å². The van der Waals surface area contributed by atoms with E-state index in [2.05, 4.69) is 10.6 Å². The minimum Gasteiger partial charge on any atom is -0.353 e. The fourth-order valence-corrected chi connectivity index (χ4v) is 1.85. The number of carbonyl (C=O) groups is 1. The first-order chi connectivity index (χ1) is 8.16. The second kappa shape index (κ2) is 4.92. The van der Waals surface area contributed by atoms with E-state index in [1.165, 1.54) is 12.1 Å². The lowest BCUT2D eigenvalue weighted by Crippen LogP contribution is -2.53. The Morgan fingerprint density at radius 3 is 2.94 bits per heavy atom. The molecule has 1 aliphatic rings. The minimum atomic E-state index is -0.433. The van der Waals surface area contributed by atoms with Gasteiger partial charge in [0, 0.05) is 25.2 Å². The topological polar surface area (TPSA) is 84.3 Å². The smallest absolute Gasteiger partial charge is 0.269 e. The predicted molar refractivity (Wildman–Crippen MR) is 61.6 cm³/mol. The molecule has 0 radical (unpaired) electrons. The zero-order chi connectivity index (χ0) is 12.3. The Bertz CT molecular complexity index is 447. The third-order valence-corrected chi connectivity index (χ3v) is 2.69. The first-order valence-corrected chi connectivity index (χ1v) is 5.41. The first kappa shape index (κ1) is 11.5. The standard InChI is InChI=1S/C11H13N3O3/c15-11-10(12-4-5-13-11)7-8-2-1-3-9(6-8)14(16)17/h1-3,6,10,12H,4-5,7H2,(H,13,15). The highest BCUT2D eigenvalue weighted by molar-refractivity contribution is 5.82. The summed E-state index contributed by atoms with van der Waals surface area (Å²) >= 11 is 0. The lowest BCUT2D eigenvalue weighted by atomic mass is 10.0. The molecule has 1 atom stereocenters. The molecule has 6 heteroatoms. The second-order valence-electron chi connectivity index (χ2n) is 3.93. The summed E-state index contributed by atoms with van der Waals surface area (Å²) in [6.45, 7) is 1.36. The quantitative estimate of drug-likeness (QED) is 0.580. The summed E-state index contributed by atoms with van der Waals surface area (Å²) in [7, 11) is 0. The van der Waals surface area contributed by atoms with Crippen molar-refractivity contribution in [1.29, 1.82) is 0 Å². The first-order valence-electron chi connectivity index (χ1n) is 5.41. The van der Waals surface area contributed by atoms with E-state index in [1.807, 2.05) is 0 Å². The van der Waals surface area contributed by atoms with Gasteiger partial charge >= 0.3 is 0 Å². The molecule has 1 fully saturated rings. The Morgan fingerprint density at radius 1 is 1.41 bits per heavy atom. The molecule has 0 aliphatic carbocycles. The molecule has 2 rings (SSSR count). The van der Waals surface area contributed by atoms with Crippen molar-refractivity contribution in [1.82, 2.24) is 10.6 Å². The van der Waals surface area contributed by atoms with E-state index in [0.717, 1.165) is 12.1 Å². The molecule has 1 heterocycles. The number of hydrogen-bond acceptors (Lipinski definition) is 4. The molecule has 1 unspecified atom stereocenters. The van der Waals surface area contributed by atoms with E-state index >= 15 is 0 Å². The average molecular weight is 235 g/mol. The molecule has 0 aromatic heterocycles. The third kappa shape index (κ3) is 2.79. The molecule has 2 N–H and O–H groups in total. The zero-order valence-electron chi connectivity index (χ0n) is 9.18. The van der Waals surface area contributed by atoms with Crippen molar-refractivity contribution in [3.8, 4) is 0 Å². The Morgan fingerprint density at radius 2 is 2.24 bits per heavy atom. The van der Waals surface area contributed by atoms with Gasteiger partial charge < -0.3 is 10.6 Å². The molecule has 0 bridgehead atoms. The van der Waals surface area contributed by atoms with E-state index in [0.29, 0.717) is 13.0 Å². The summed E-state index contributed by atoms with van der Waals surface area (Å²) in [4.78, 5) is 21.7. The van der Waals surface area contributed by atoms with Crippen LogP contribution in [0.5, 0.6) is 0 Å². The van der Waals surface area contributed by atoms with Crippen LogP contribution in [-0.2, 0) is 11.2 Å². The molecule has 0 spiro atoms. The van der Waals surface area contributed by atoms with Crippen LogP contribution in [0.1, 0.15) is 5.56 Å². The van der Waals surface area contributed by atoms with Crippen LogP contribution in [0.4, 0.5) is 5.69 Å². The Hall–Kier alpha value is -1.95. The monoisotopic (exact) mass is 235 g/mol. The van der Waals surface area contributed by atoms with Crippen LogP contribution in [-0.4, -0.2) is 30.0 Å². The van der Waals surface area contributed by atoms with Gasteiger partial charge in [0.25, 0.3) is 5.69 Å². The number of nitro groups is 1. The van der Waals surface area contributed by atoms with E-state index < -0.39 is 4.92 Å². The van der Waals surface area contributed by atoms with Crippen LogP contribution in [0.15, 0.2) is 24.3 Å². The molecule has 1 aromatic rings. The molecule has 1 amide bonds. The van der Waals surface area contributed by atoms with Gasteiger partial charge in [0.2, 0.25) is 5.91 Å². The normalized spacial score (nSPS) is 19.8. The minimum absolute atomic E-state index is 0.0530. The van der Waals surface area contributed by atoms with Crippen molar-refractivity contribution >= 4 is 11.6 Å². The Kier molecular flexibility index (Phi) is 3.34. The van der Waals surface area contributed by atoms with Crippen molar-refractivity contribution < 1.29 is 9.72 Å². The Labute approximate surface area is 98.2 Å². The number of rotatable bonds is 3. The van der Waals surface area contributed by atoms with Gasteiger partial charge in [-0.2, -0.15) is 0 Å². The largest absolute Gasteiger partial charge is 0.353 e. The highest BCUT2D eigenvalue weighted by Gasteiger charge is 2.21. The Balaban J connectivity index is 2.09. The predicted octanol–water partition coefficient (Wildman–Crippen LogP) is 0.225. The summed E-state index contributed by atoms with van der Waals surface area (Å²) in [5, 5.41) is 16.5. The lowest BCUT2D eigenvalue weighted by molar-refractivity contribution is -0.384. The molecule has 1 aliphatic heterocycles. The fourth-order valence-electron chi connectivity index (χ4n) is 1.85. The molecule has 90 valence electrons. The van der Waals surface area contributed by atoms with Crippen molar-refractivity contribution in [2.24, 2.45) is 0 Å². The maximum absolute atomic E-state index is 11.5. The highest BCUT2D eigenvalue weighted by atomic mass is 16.6. The maximum atomic E-state index is 11.5. The van der Waals surface area contributed by atoms with Crippen LogP contribution >= 0.6 is 0 Å². The van der Waals surface area contributed by atoms with Crippen LogP contribution in [0.3, 0.4) is 0 Å². The van der Waals surface area contributed by atoms with Gasteiger partial charge in [-0.1, -0.05) is 12.1 Å².